The van der Waals surface area contributed by atoms with Crippen LogP contribution in [0.1, 0.15) is 5.82 Å². The summed E-state index contributed by atoms with van der Waals surface area (Å²) in [5.41, 5.74) is 0.335. The second-order valence-electron chi connectivity index (χ2n) is 4.31. The van der Waals surface area contributed by atoms with Gasteiger partial charge in [0, 0.05) is 4.47 Å². The van der Waals surface area contributed by atoms with Crippen LogP contribution in [0.5, 0.6) is 5.88 Å². The summed E-state index contributed by atoms with van der Waals surface area (Å²) in [6.45, 7) is 0.226. The average molecular weight is 348 g/mol. The Kier molecular flexibility index (Phi) is 3.53. The maximum atomic E-state index is 12.2. The summed E-state index contributed by atoms with van der Waals surface area (Å²) in [6, 6.07) is 7.04. The molecule has 2 N–H and O–H groups in total. The van der Waals surface area contributed by atoms with E-state index in [-0.39, 0.29) is 18.0 Å². The van der Waals surface area contributed by atoms with E-state index in [4.69, 9.17) is 0 Å². The van der Waals surface area contributed by atoms with Gasteiger partial charge in [0.15, 0.2) is 0 Å². The zero-order chi connectivity index (χ0) is 14.8. The highest BCUT2D eigenvalue weighted by Crippen LogP contribution is 2.24. The SMILES string of the molecule is O=c1[nH]c(Cn2cncn2)nc(O)c1-c1ccc(Br)cc1. The maximum Gasteiger partial charge on any atom is 0.262 e. The standard InChI is InChI=1S/C13H10BrN5O2/c14-9-3-1-8(2-4-9)11-12(20)17-10(18-13(11)21)5-19-7-15-6-16-19/h1-4,6-7H,5H2,(H2,17,18,20,21). The van der Waals surface area contributed by atoms with Crippen LogP contribution < -0.4 is 5.56 Å². The lowest BCUT2D eigenvalue weighted by molar-refractivity contribution is 0.448. The van der Waals surface area contributed by atoms with Gasteiger partial charge >= 0.3 is 0 Å². The van der Waals surface area contributed by atoms with Crippen LogP contribution in [0, 0.1) is 0 Å². The van der Waals surface area contributed by atoms with E-state index in [2.05, 4.69) is 36.0 Å². The molecule has 0 spiro atoms. The minimum Gasteiger partial charge on any atom is -0.493 e. The first-order valence-electron chi connectivity index (χ1n) is 6.04. The Labute approximate surface area is 127 Å². The molecule has 0 aliphatic heterocycles. The third-order valence-corrected chi connectivity index (χ3v) is 3.39. The molecular formula is C13H10BrN5O2. The highest BCUT2D eigenvalue weighted by molar-refractivity contribution is 9.10. The number of halogens is 1. The molecule has 0 radical (unpaired) electrons. The predicted molar refractivity (Wildman–Crippen MR) is 78.8 cm³/mol. The third-order valence-electron chi connectivity index (χ3n) is 2.86. The number of benzene rings is 1. The molecule has 0 saturated heterocycles. The molecule has 0 unspecified atom stereocenters. The fourth-order valence-corrected chi connectivity index (χ4v) is 2.19. The zero-order valence-electron chi connectivity index (χ0n) is 10.7. The Morgan fingerprint density at radius 1 is 1.29 bits per heavy atom. The zero-order valence-corrected chi connectivity index (χ0v) is 12.3. The van der Waals surface area contributed by atoms with Crippen molar-refractivity contribution in [3.05, 3.63) is 57.6 Å². The van der Waals surface area contributed by atoms with Gasteiger partial charge in [0.1, 0.15) is 30.6 Å². The highest BCUT2D eigenvalue weighted by atomic mass is 79.9. The van der Waals surface area contributed by atoms with E-state index in [0.29, 0.717) is 11.4 Å². The Bertz CT molecular complexity index is 812. The number of aromatic amines is 1. The number of nitrogens with zero attached hydrogens (tertiary/aromatic N) is 4. The summed E-state index contributed by atoms with van der Waals surface area (Å²) in [7, 11) is 0. The largest absolute Gasteiger partial charge is 0.493 e. The summed E-state index contributed by atoms with van der Waals surface area (Å²) >= 11 is 3.32. The molecule has 0 amide bonds. The van der Waals surface area contributed by atoms with Crippen LogP contribution in [0.3, 0.4) is 0 Å². The first-order valence-corrected chi connectivity index (χ1v) is 6.83. The number of hydrogen-bond donors (Lipinski definition) is 2. The van der Waals surface area contributed by atoms with Gasteiger partial charge in [-0.1, -0.05) is 28.1 Å². The Morgan fingerprint density at radius 3 is 2.67 bits per heavy atom. The van der Waals surface area contributed by atoms with Gasteiger partial charge in [-0.05, 0) is 17.7 Å². The summed E-state index contributed by atoms with van der Waals surface area (Å²) in [4.78, 5) is 22.6. The lowest BCUT2D eigenvalue weighted by Crippen LogP contribution is -2.16. The smallest absolute Gasteiger partial charge is 0.262 e. The second-order valence-corrected chi connectivity index (χ2v) is 5.23. The van der Waals surface area contributed by atoms with Gasteiger partial charge in [-0.2, -0.15) is 10.1 Å². The molecule has 21 heavy (non-hydrogen) atoms. The molecule has 2 heterocycles. The number of aromatic hydroxyl groups is 1. The molecule has 0 bridgehead atoms. The lowest BCUT2D eigenvalue weighted by atomic mass is 10.1. The summed E-state index contributed by atoms with van der Waals surface area (Å²) < 4.78 is 2.38. The summed E-state index contributed by atoms with van der Waals surface area (Å²) in [5.74, 6) is 0.0000458. The molecule has 0 aliphatic rings. The molecule has 8 heteroatoms. The Balaban J connectivity index is 2.00. The van der Waals surface area contributed by atoms with E-state index in [1.807, 2.05) is 0 Å². The van der Waals surface area contributed by atoms with Gasteiger partial charge in [-0.15, -0.1) is 0 Å². The van der Waals surface area contributed by atoms with E-state index >= 15 is 0 Å². The number of hydrogen-bond acceptors (Lipinski definition) is 5. The van der Waals surface area contributed by atoms with Gasteiger partial charge in [0.25, 0.3) is 5.56 Å². The minimum absolute atomic E-state index is 0.143. The molecule has 106 valence electrons. The topological polar surface area (TPSA) is 96.7 Å². The van der Waals surface area contributed by atoms with Crippen LogP contribution >= 0.6 is 15.9 Å². The van der Waals surface area contributed by atoms with Crippen molar-refractivity contribution in [3.63, 3.8) is 0 Å². The van der Waals surface area contributed by atoms with Gasteiger partial charge < -0.3 is 10.1 Å². The van der Waals surface area contributed by atoms with Crippen LogP contribution in [0.15, 0.2) is 46.2 Å². The van der Waals surface area contributed by atoms with Crippen molar-refractivity contribution in [1.82, 2.24) is 24.7 Å². The van der Waals surface area contributed by atoms with E-state index in [9.17, 15) is 9.90 Å². The molecule has 3 rings (SSSR count). The number of nitrogens with one attached hydrogen (secondary N) is 1. The number of aromatic nitrogens is 5. The number of H-pyrrole nitrogens is 1. The van der Waals surface area contributed by atoms with E-state index in [1.54, 1.807) is 24.3 Å². The molecule has 7 nitrogen and oxygen atoms in total. The van der Waals surface area contributed by atoms with Gasteiger partial charge in [0.2, 0.25) is 5.88 Å². The molecule has 0 aliphatic carbocycles. The normalized spacial score (nSPS) is 10.7. The first kappa shape index (κ1) is 13.5. The van der Waals surface area contributed by atoms with Crippen molar-refractivity contribution in [2.75, 3.05) is 0 Å². The van der Waals surface area contributed by atoms with Gasteiger partial charge in [0.05, 0.1) is 0 Å². The monoisotopic (exact) mass is 347 g/mol. The van der Waals surface area contributed by atoms with Crippen molar-refractivity contribution in [1.29, 1.82) is 0 Å². The molecule has 1 aromatic carbocycles. The van der Waals surface area contributed by atoms with E-state index in [0.717, 1.165) is 4.47 Å². The van der Waals surface area contributed by atoms with E-state index < -0.39 is 5.56 Å². The van der Waals surface area contributed by atoms with Crippen LogP contribution in [-0.2, 0) is 6.54 Å². The molecule has 2 aromatic heterocycles. The van der Waals surface area contributed by atoms with Crippen molar-refractivity contribution in [2.24, 2.45) is 0 Å². The average Bonchev–Trinajstić information content (AvgIpc) is 2.93. The van der Waals surface area contributed by atoms with Crippen LogP contribution in [0.2, 0.25) is 0 Å². The lowest BCUT2D eigenvalue weighted by Gasteiger charge is -2.06. The fraction of sp³-hybridized carbons (Fsp3) is 0.0769. The summed E-state index contributed by atoms with van der Waals surface area (Å²) in [5, 5.41) is 14.0. The third kappa shape index (κ3) is 2.84. The second kappa shape index (κ2) is 5.49. The first-order chi connectivity index (χ1) is 10.1. The molecule has 3 aromatic rings. The predicted octanol–water partition coefficient (Wildman–Crippen LogP) is 1.54. The van der Waals surface area contributed by atoms with Gasteiger partial charge in [-0.25, -0.2) is 9.67 Å². The highest BCUT2D eigenvalue weighted by Gasteiger charge is 2.13. The van der Waals surface area contributed by atoms with Crippen molar-refractivity contribution in [3.8, 4) is 17.0 Å². The van der Waals surface area contributed by atoms with Crippen LogP contribution in [0.4, 0.5) is 0 Å². The quantitative estimate of drug-likeness (QED) is 0.749. The number of rotatable bonds is 3. The van der Waals surface area contributed by atoms with Crippen molar-refractivity contribution in [2.45, 2.75) is 6.54 Å². The minimum atomic E-state index is -0.403. The van der Waals surface area contributed by atoms with Crippen molar-refractivity contribution >= 4 is 15.9 Å². The van der Waals surface area contributed by atoms with E-state index in [1.165, 1.54) is 17.3 Å². The summed E-state index contributed by atoms with van der Waals surface area (Å²) in [6.07, 6.45) is 2.88. The fourth-order valence-electron chi connectivity index (χ4n) is 1.93. The Morgan fingerprint density at radius 2 is 2.05 bits per heavy atom. The molecule has 0 saturated carbocycles. The molecule has 0 atom stereocenters. The van der Waals surface area contributed by atoms with Crippen LogP contribution in [0.25, 0.3) is 11.1 Å². The maximum absolute atomic E-state index is 12.2. The molecule has 0 fully saturated rings. The van der Waals surface area contributed by atoms with Crippen LogP contribution in [-0.4, -0.2) is 29.8 Å². The molecular weight excluding hydrogens is 338 g/mol. The van der Waals surface area contributed by atoms with Crippen molar-refractivity contribution < 1.29 is 5.11 Å². The van der Waals surface area contributed by atoms with Gasteiger partial charge in [-0.3, -0.25) is 4.79 Å². The Hall–Kier alpha value is -2.48.